The topological polar surface area (TPSA) is 86.2 Å². The third kappa shape index (κ3) is 4.07. The minimum atomic E-state index is -0.769. The summed E-state index contributed by atoms with van der Waals surface area (Å²) in [5, 5.41) is 3.23. The number of rotatable bonds is 7. The lowest BCUT2D eigenvalue weighted by Gasteiger charge is -2.21. The van der Waals surface area contributed by atoms with E-state index in [1.165, 1.54) is 15.4 Å². The molecule has 0 unspecified atom stereocenters. The summed E-state index contributed by atoms with van der Waals surface area (Å²) in [5.41, 5.74) is 0.403. The van der Waals surface area contributed by atoms with Gasteiger partial charge in [-0.1, -0.05) is 49.4 Å². The van der Waals surface area contributed by atoms with Crippen LogP contribution in [0.3, 0.4) is 0 Å². The first kappa shape index (κ1) is 20.4. The Morgan fingerprint density at radius 2 is 1.74 bits per heavy atom. The van der Waals surface area contributed by atoms with Gasteiger partial charge in [-0.25, -0.2) is 4.79 Å². The summed E-state index contributed by atoms with van der Waals surface area (Å²) < 4.78 is 7.89. The molecular weight excluding hydrogens is 394 g/mol. The molecule has 2 aromatic carbocycles. The molecule has 0 aliphatic heterocycles. The summed E-state index contributed by atoms with van der Waals surface area (Å²) in [6.07, 6.45) is 1.92. The van der Waals surface area contributed by atoms with Gasteiger partial charge in [-0.2, -0.15) is 0 Å². The van der Waals surface area contributed by atoms with Crippen molar-refractivity contribution >= 4 is 16.8 Å². The molecule has 1 N–H and O–H groups in total. The van der Waals surface area contributed by atoms with Crippen LogP contribution in [0.1, 0.15) is 30.7 Å². The molecule has 7 heteroatoms. The van der Waals surface area contributed by atoms with Crippen molar-refractivity contribution in [3.8, 4) is 0 Å². The number of hydrogen-bond donors (Lipinski definition) is 1. The number of carbonyl (C=O) groups is 1. The molecule has 4 aromatic rings. The third-order valence-corrected chi connectivity index (χ3v) is 5.28. The Morgan fingerprint density at radius 3 is 2.45 bits per heavy atom. The van der Waals surface area contributed by atoms with Gasteiger partial charge in [0.2, 0.25) is 5.91 Å². The maximum absolute atomic E-state index is 13.5. The van der Waals surface area contributed by atoms with Crippen molar-refractivity contribution in [2.75, 3.05) is 0 Å². The van der Waals surface area contributed by atoms with Crippen molar-refractivity contribution in [3.05, 3.63) is 105 Å². The van der Waals surface area contributed by atoms with Gasteiger partial charge < -0.3 is 9.73 Å². The molecule has 1 atom stereocenters. The molecule has 2 heterocycles. The predicted octanol–water partition coefficient (Wildman–Crippen LogP) is 3.07. The fourth-order valence-corrected chi connectivity index (χ4v) is 3.73. The number of fused-ring (bicyclic) bond motifs is 1. The van der Waals surface area contributed by atoms with Crippen LogP contribution in [-0.2, 0) is 17.9 Å². The van der Waals surface area contributed by atoms with Crippen molar-refractivity contribution < 1.29 is 9.21 Å². The van der Waals surface area contributed by atoms with E-state index in [4.69, 9.17) is 4.42 Å². The van der Waals surface area contributed by atoms with Crippen LogP contribution in [0.15, 0.2) is 87.0 Å². The van der Waals surface area contributed by atoms with E-state index < -0.39 is 11.7 Å². The van der Waals surface area contributed by atoms with Gasteiger partial charge in [0, 0.05) is 0 Å². The summed E-state index contributed by atoms with van der Waals surface area (Å²) in [4.78, 5) is 39.6. The van der Waals surface area contributed by atoms with Gasteiger partial charge in [0.05, 0.1) is 30.3 Å². The molecule has 7 nitrogen and oxygen atoms in total. The van der Waals surface area contributed by atoms with E-state index in [0.717, 1.165) is 5.56 Å². The number of carbonyl (C=O) groups excluding carboxylic acids is 1. The molecular formula is C24H23N3O4. The highest BCUT2D eigenvalue weighted by atomic mass is 16.3. The van der Waals surface area contributed by atoms with E-state index in [-0.39, 0.29) is 24.6 Å². The minimum absolute atomic E-state index is 0.133. The van der Waals surface area contributed by atoms with E-state index in [0.29, 0.717) is 23.1 Å². The number of furan rings is 1. The second-order valence-electron chi connectivity index (χ2n) is 7.27. The molecule has 0 saturated heterocycles. The predicted molar refractivity (Wildman–Crippen MR) is 118 cm³/mol. The Bertz CT molecular complexity index is 1300. The van der Waals surface area contributed by atoms with Crippen LogP contribution in [0.2, 0.25) is 0 Å². The SMILES string of the molecule is CC[C@@H](C(=O)NCc1ccco1)n1c(=O)n(Cc2ccccc2)c(=O)c2ccccc21. The second kappa shape index (κ2) is 8.87. The van der Waals surface area contributed by atoms with E-state index in [2.05, 4.69) is 5.32 Å². The highest BCUT2D eigenvalue weighted by Crippen LogP contribution is 2.17. The highest BCUT2D eigenvalue weighted by Gasteiger charge is 2.24. The van der Waals surface area contributed by atoms with Crippen molar-refractivity contribution in [2.24, 2.45) is 0 Å². The normalized spacial score (nSPS) is 12.0. The Labute approximate surface area is 178 Å². The van der Waals surface area contributed by atoms with Crippen molar-refractivity contribution in [2.45, 2.75) is 32.5 Å². The number of nitrogens with zero attached hydrogens (tertiary/aromatic N) is 2. The van der Waals surface area contributed by atoms with Crippen LogP contribution in [0.4, 0.5) is 0 Å². The lowest BCUT2D eigenvalue weighted by atomic mass is 10.1. The second-order valence-corrected chi connectivity index (χ2v) is 7.27. The molecule has 0 radical (unpaired) electrons. The zero-order valence-electron chi connectivity index (χ0n) is 17.2. The first-order valence-corrected chi connectivity index (χ1v) is 10.2. The monoisotopic (exact) mass is 417 g/mol. The van der Waals surface area contributed by atoms with Crippen LogP contribution in [0.5, 0.6) is 0 Å². The van der Waals surface area contributed by atoms with Gasteiger partial charge >= 0.3 is 5.69 Å². The van der Waals surface area contributed by atoms with Crippen LogP contribution in [-0.4, -0.2) is 15.0 Å². The van der Waals surface area contributed by atoms with Gasteiger partial charge in [-0.15, -0.1) is 0 Å². The fourth-order valence-electron chi connectivity index (χ4n) is 3.73. The molecule has 2 aromatic heterocycles. The molecule has 0 bridgehead atoms. The number of benzene rings is 2. The molecule has 0 aliphatic carbocycles. The third-order valence-electron chi connectivity index (χ3n) is 5.28. The van der Waals surface area contributed by atoms with Gasteiger partial charge in [-0.3, -0.25) is 18.7 Å². The molecule has 0 aliphatic rings. The maximum atomic E-state index is 13.5. The summed E-state index contributed by atoms with van der Waals surface area (Å²) >= 11 is 0. The van der Waals surface area contributed by atoms with E-state index in [9.17, 15) is 14.4 Å². The molecule has 31 heavy (non-hydrogen) atoms. The van der Waals surface area contributed by atoms with E-state index in [1.807, 2.05) is 37.3 Å². The Hall–Kier alpha value is -3.87. The Balaban J connectivity index is 1.80. The lowest BCUT2D eigenvalue weighted by molar-refractivity contribution is -0.124. The van der Waals surface area contributed by atoms with Gasteiger partial charge in [0.25, 0.3) is 5.56 Å². The number of nitrogens with one attached hydrogen (secondary N) is 1. The molecule has 4 rings (SSSR count). The average molecular weight is 417 g/mol. The summed E-state index contributed by atoms with van der Waals surface area (Å²) in [6.45, 7) is 2.19. The molecule has 0 spiro atoms. The smallest absolute Gasteiger partial charge is 0.332 e. The van der Waals surface area contributed by atoms with Crippen LogP contribution in [0.25, 0.3) is 10.9 Å². The largest absolute Gasteiger partial charge is 0.467 e. The van der Waals surface area contributed by atoms with Gasteiger partial charge in [-0.05, 0) is 36.2 Å². The number of para-hydroxylation sites is 1. The molecule has 1 amide bonds. The highest BCUT2D eigenvalue weighted by molar-refractivity contribution is 5.84. The fraction of sp³-hybridized carbons (Fsp3) is 0.208. The van der Waals surface area contributed by atoms with Gasteiger partial charge in [0.15, 0.2) is 0 Å². The van der Waals surface area contributed by atoms with Crippen molar-refractivity contribution in [1.82, 2.24) is 14.5 Å². The zero-order chi connectivity index (χ0) is 21.8. The standard InChI is InChI=1S/C24H23N3O4/c1-2-20(22(28)25-15-18-11-8-14-31-18)27-21-13-7-6-12-19(21)23(29)26(24(27)30)16-17-9-4-3-5-10-17/h3-14,20H,2,15-16H2,1H3,(H,25,28)/t20-/m0/s1. The van der Waals surface area contributed by atoms with Gasteiger partial charge in [0.1, 0.15) is 11.8 Å². The first-order chi connectivity index (χ1) is 15.1. The summed E-state index contributed by atoms with van der Waals surface area (Å²) in [5.74, 6) is 0.311. The number of hydrogen-bond acceptors (Lipinski definition) is 4. The van der Waals surface area contributed by atoms with Crippen molar-refractivity contribution in [3.63, 3.8) is 0 Å². The maximum Gasteiger partial charge on any atom is 0.332 e. The Morgan fingerprint density at radius 1 is 1.00 bits per heavy atom. The van der Waals surface area contributed by atoms with E-state index >= 15 is 0 Å². The first-order valence-electron chi connectivity index (χ1n) is 10.2. The summed E-state index contributed by atoms with van der Waals surface area (Å²) in [6, 6.07) is 19.0. The molecule has 0 fully saturated rings. The average Bonchev–Trinajstić information content (AvgIpc) is 3.32. The summed E-state index contributed by atoms with van der Waals surface area (Å²) in [7, 11) is 0. The minimum Gasteiger partial charge on any atom is -0.467 e. The molecule has 158 valence electrons. The number of amides is 1. The van der Waals surface area contributed by atoms with Crippen LogP contribution >= 0.6 is 0 Å². The van der Waals surface area contributed by atoms with Crippen LogP contribution < -0.4 is 16.6 Å². The quantitative estimate of drug-likeness (QED) is 0.501. The van der Waals surface area contributed by atoms with E-state index in [1.54, 1.807) is 36.4 Å². The lowest BCUT2D eigenvalue weighted by Crippen LogP contribution is -2.45. The molecule has 0 saturated carbocycles. The Kier molecular flexibility index (Phi) is 5.84. The van der Waals surface area contributed by atoms with Crippen molar-refractivity contribution in [1.29, 1.82) is 0 Å². The number of aromatic nitrogens is 2. The zero-order valence-corrected chi connectivity index (χ0v) is 17.2. The van der Waals surface area contributed by atoms with Crippen LogP contribution in [0, 0.1) is 0 Å².